The van der Waals surface area contributed by atoms with Gasteiger partial charge in [0.25, 0.3) is 5.91 Å². The smallest absolute Gasteiger partial charge is 0.337 e. The van der Waals surface area contributed by atoms with Gasteiger partial charge in [-0.25, -0.2) is 9.79 Å². The Bertz CT molecular complexity index is 794. The number of hydrogen-bond acceptors (Lipinski definition) is 4. The van der Waals surface area contributed by atoms with Crippen molar-refractivity contribution in [3.63, 3.8) is 0 Å². The fourth-order valence-electron chi connectivity index (χ4n) is 2.60. The highest BCUT2D eigenvalue weighted by atomic mass is 16.5. The summed E-state index contributed by atoms with van der Waals surface area (Å²) < 4.78 is 4.67. The number of amides is 1. The van der Waals surface area contributed by atoms with Gasteiger partial charge in [0.2, 0.25) is 0 Å². The van der Waals surface area contributed by atoms with Crippen LogP contribution in [0.4, 0.5) is 11.4 Å². The molecular weight excluding hydrogens is 292 g/mol. The Morgan fingerprint density at radius 1 is 1.13 bits per heavy atom. The lowest BCUT2D eigenvalue weighted by Gasteiger charge is -2.12. The number of nitrogens with zero attached hydrogens (tertiary/aromatic N) is 2. The van der Waals surface area contributed by atoms with Crippen LogP contribution in [0.5, 0.6) is 0 Å². The zero-order valence-electron chi connectivity index (χ0n) is 12.9. The molecule has 0 aromatic heterocycles. The Labute approximate surface area is 134 Å². The molecule has 0 saturated heterocycles. The molecule has 1 heterocycles. The average molecular weight is 308 g/mol. The number of para-hydroxylation sites is 1. The maximum atomic E-state index is 12.5. The van der Waals surface area contributed by atoms with Crippen molar-refractivity contribution in [2.45, 2.75) is 6.92 Å². The first-order valence-electron chi connectivity index (χ1n) is 7.34. The van der Waals surface area contributed by atoms with E-state index in [4.69, 9.17) is 0 Å². The SMILES string of the molecule is CCN1C(=O)C(=Nc2ccc(C(=O)OC)cc2)c2ccccc21. The van der Waals surface area contributed by atoms with Crippen molar-refractivity contribution in [3.8, 4) is 0 Å². The molecule has 3 rings (SSSR count). The van der Waals surface area contributed by atoms with Gasteiger partial charge in [-0.15, -0.1) is 0 Å². The van der Waals surface area contributed by atoms with E-state index in [0.29, 0.717) is 23.5 Å². The zero-order valence-corrected chi connectivity index (χ0v) is 12.9. The second-order valence-electron chi connectivity index (χ2n) is 5.07. The van der Waals surface area contributed by atoms with Crippen LogP contribution in [0.15, 0.2) is 53.5 Å². The highest BCUT2D eigenvalue weighted by molar-refractivity contribution is 6.54. The molecule has 0 unspecified atom stereocenters. The molecule has 23 heavy (non-hydrogen) atoms. The van der Waals surface area contributed by atoms with E-state index in [-0.39, 0.29) is 5.91 Å². The molecule has 0 fully saturated rings. The summed E-state index contributed by atoms with van der Waals surface area (Å²) in [5, 5.41) is 0. The number of anilines is 1. The minimum absolute atomic E-state index is 0.106. The number of likely N-dealkylation sites (N-methyl/N-ethyl adjacent to an activating group) is 1. The van der Waals surface area contributed by atoms with E-state index in [9.17, 15) is 9.59 Å². The van der Waals surface area contributed by atoms with Gasteiger partial charge in [-0.1, -0.05) is 18.2 Å². The van der Waals surface area contributed by atoms with Gasteiger partial charge in [-0.05, 0) is 37.3 Å². The molecule has 0 N–H and O–H groups in total. The number of carbonyl (C=O) groups is 2. The summed E-state index contributed by atoms with van der Waals surface area (Å²) in [5.74, 6) is -0.505. The molecule has 116 valence electrons. The Hall–Kier alpha value is -2.95. The first-order chi connectivity index (χ1) is 11.2. The summed E-state index contributed by atoms with van der Waals surface area (Å²) in [4.78, 5) is 30.2. The molecule has 0 aliphatic carbocycles. The minimum atomic E-state index is -0.399. The van der Waals surface area contributed by atoms with E-state index in [2.05, 4.69) is 9.73 Å². The van der Waals surface area contributed by atoms with Gasteiger partial charge >= 0.3 is 5.97 Å². The molecular formula is C18H16N2O3. The second kappa shape index (κ2) is 6.04. The summed E-state index contributed by atoms with van der Waals surface area (Å²) >= 11 is 0. The van der Waals surface area contributed by atoms with Crippen LogP contribution in [0.25, 0.3) is 0 Å². The third-order valence-electron chi connectivity index (χ3n) is 3.74. The first-order valence-corrected chi connectivity index (χ1v) is 7.34. The Kier molecular flexibility index (Phi) is 3.93. The lowest BCUT2D eigenvalue weighted by Crippen LogP contribution is -2.29. The molecule has 1 aliphatic heterocycles. The monoisotopic (exact) mass is 308 g/mol. The standard InChI is InChI=1S/C18H16N2O3/c1-3-20-15-7-5-4-6-14(15)16(17(20)21)19-13-10-8-12(9-11-13)18(22)23-2/h4-11H,3H2,1-2H3. The van der Waals surface area contributed by atoms with Crippen LogP contribution in [0, 0.1) is 0 Å². The molecule has 0 saturated carbocycles. The lowest BCUT2D eigenvalue weighted by molar-refractivity contribution is -0.112. The number of methoxy groups -OCH3 is 1. The first kappa shape index (κ1) is 15.0. The molecule has 1 amide bonds. The average Bonchev–Trinajstić information content (AvgIpc) is 2.86. The van der Waals surface area contributed by atoms with E-state index in [1.807, 2.05) is 31.2 Å². The zero-order chi connectivity index (χ0) is 16.4. The van der Waals surface area contributed by atoms with Crippen molar-refractivity contribution in [1.29, 1.82) is 0 Å². The van der Waals surface area contributed by atoms with Crippen molar-refractivity contribution in [3.05, 3.63) is 59.7 Å². The second-order valence-corrected chi connectivity index (χ2v) is 5.07. The van der Waals surface area contributed by atoms with Crippen LogP contribution in [0.1, 0.15) is 22.8 Å². The van der Waals surface area contributed by atoms with Crippen LogP contribution >= 0.6 is 0 Å². The van der Waals surface area contributed by atoms with Crippen LogP contribution in [0.2, 0.25) is 0 Å². The maximum absolute atomic E-state index is 12.5. The molecule has 2 aromatic rings. The highest BCUT2D eigenvalue weighted by Gasteiger charge is 2.32. The van der Waals surface area contributed by atoms with Gasteiger partial charge in [-0.2, -0.15) is 0 Å². The molecule has 0 atom stereocenters. The van der Waals surface area contributed by atoms with Gasteiger partial charge < -0.3 is 9.64 Å². The van der Waals surface area contributed by atoms with Crippen LogP contribution in [-0.2, 0) is 9.53 Å². The number of ether oxygens (including phenoxy) is 1. The predicted molar refractivity (Wildman–Crippen MR) is 88.4 cm³/mol. The largest absolute Gasteiger partial charge is 0.465 e. The molecule has 5 heteroatoms. The van der Waals surface area contributed by atoms with E-state index >= 15 is 0 Å². The van der Waals surface area contributed by atoms with Gasteiger partial charge in [0.1, 0.15) is 5.71 Å². The minimum Gasteiger partial charge on any atom is -0.465 e. The number of aliphatic imine (C=N–C) groups is 1. The summed E-state index contributed by atoms with van der Waals surface area (Å²) in [6.07, 6.45) is 0. The molecule has 0 bridgehead atoms. The Balaban J connectivity index is 1.99. The molecule has 0 spiro atoms. The van der Waals surface area contributed by atoms with E-state index in [1.165, 1.54) is 7.11 Å². The summed E-state index contributed by atoms with van der Waals surface area (Å²) in [7, 11) is 1.34. The van der Waals surface area contributed by atoms with Crippen LogP contribution < -0.4 is 4.90 Å². The van der Waals surface area contributed by atoms with Crippen molar-refractivity contribution < 1.29 is 14.3 Å². The predicted octanol–water partition coefficient (Wildman–Crippen LogP) is 2.96. The number of rotatable bonds is 3. The number of esters is 1. The van der Waals surface area contributed by atoms with Crippen LogP contribution in [0.3, 0.4) is 0 Å². The van der Waals surface area contributed by atoms with Crippen molar-refractivity contribution in [2.75, 3.05) is 18.6 Å². The van der Waals surface area contributed by atoms with Crippen molar-refractivity contribution >= 4 is 29.0 Å². The number of benzene rings is 2. The molecule has 0 radical (unpaired) electrons. The third kappa shape index (κ3) is 2.61. The van der Waals surface area contributed by atoms with Gasteiger partial charge in [0.15, 0.2) is 0 Å². The topological polar surface area (TPSA) is 59.0 Å². The van der Waals surface area contributed by atoms with Gasteiger partial charge in [0, 0.05) is 12.1 Å². The highest BCUT2D eigenvalue weighted by Crippen LogP contribution is 2.30. The summed E-state index contributed by atoms with van der Waals surface area (Å²) in [5.41, 5.74) is 3.20. The normalized spacial score (nSPS) is 15.0. The summed E-state index contributed by atoms with van der Waals surface area (Å²) in [6.45, 7) is 2.53. The Morgan fingerprint density at radius 3 is 2.48 bits per heavy atom. The van der Waals surface area contributed by atoms with Gasteiger partial charge in [-0.3, -0.25) is 4.79 Å². The fraction of sp³-hybridized carbons (Fsp3) is 0.167. The van der Waals surface area contributed by atoms with Gasteiger partial charge in [0.05, 0.1) is 24.0 Å². The number of hydrogen-bond donors (Lipinski definition) is 0. The third-order valence-corrected chi connectivity index (χ3v) is 3.74. The Morgan fingerprint density at radius 2 is 1.83 bits per heavy atom. The number of carbonyl (C=O) groups excluding carboxylic acids is 2. The molecule has 5 nitrogen and oxygen atoms in total. The fourth-order valence-corrected chi connectivity index (χ4v) is 2.60. The van der Waals surface area contributed by atoms with Crippen LogP contribution in [-0.4, -0.2) is 31.2 Å². The number of fused-ring (bicyclic) bond motifs is 1. The van der Waals surface area contributed by atoms with E-state index < -0.39 is 5.97 Å². The maximum Gasteiger partial charge on any atom is 0.337 e. The van der Waals surface area contributed by atoms with E-state index in [1.54, 1.807) is 29.2 Å². The van der Waals surface area contributed by atoms with E-state index in [0.717, 1.165) is 11.3 Å². The quantitative estimate of drug-likeness (QED) is 0.819. The van der Waals surface area contributed by atoms with Crippen molar-refractivity contribution in [1.82, 2.24) is 0 Å². The van der Waals surface area contributed by atoms with Crippen molar-refractivity contribution in [2.24, 2.45) is 4.99 Å². The summed E-state index contributed by atoms with van der Waals surface area (Å²) in [6, 6.07) is 14.3. The molecule has 2 aromatic carbocycles. The molecule has 1 aliphatic rings. The lowest BCUT2D eigenvalue weighted by atomic mass is 10.1.